The summed E-state index contributed by atoms with van der Waals surface area (Å²) in [6.45, 7) is 4.08. The second-order valence-corrected chi connectivity index (χ2v) is 8.62. The minimum atomic E-state index is -0.154. The van der Waals surface area contributed by atoms with Crippen molar-refractivity contribution in [2.24, 2.45) is 0 Å². The Kier molecular flexibility index (Phi) is 6.40. The second-order valence-electron chi connectivity index (χ2n) is 8.62. The van der Waals surface area contributed by atoms with Gasteiger partial charge in [-0.3, -0.25) is 0 Å². The van der Waals surface area contributed by atoms with E-state index < -0.39 is 0 Å². The van der Waals surface area contributed by atoms with Crippen LogP contribution in [0.1, 0.15) is 18.1 Å². The van der Waals surface area contributed by atoms with Gasteiger partial charge in [-0.05, 0) is 48.4 Å². The number of hydrogen-bond donors (Lipinski definition) is 1. The SMILES string of the molecule is CCn1c2ccccc2c2cc(CN(Cc3ccccc3)C(=O)Nc3cccc(OC)c3)ccc21. The van der Waals surface area contributed by atoms with Crippen LogP contribution < -0.4 is 10.1 Å². The van der Waals surface area contributed by atoms with Gasteiger partial charge in [0.25, 0.3) is 0 Å². The van der Waals surface area contributed by atoms with Crippen molar-refractivity contribution in [3.8, 4) is 5.75 Å². The van der Waals surface area contributed by atoms with Gasteiger partial charge in [-0.15, -0.1) is 0 Å². The quantitative estimate of drug-likeness (QED) is 0.281. The summed E-state index contributed by atoms with van der Waals surface area (Å²) in [7, 11) is 1.62. The van der Waals surface area contributed by atoms with Crippen molar-refractivity contribution >= 4 is 33.5 Å². The molecule has 5 nitrogen and oxygen atoms in total. The molecule has 5 aromatic rings. The lowest BCUT2D eigenvalue weighted by Gasteiger charge is -2.24. The van der Waals surface area contributed by atoms with Crippen LogP contribution in [-0.4, -0.2) is 22.6 Å². The predicted molar refractivity (Wildman–Crippen MR) is 143 cm³/mol. The van der Waals surface area contributed by atoms with Crippen molar-refractivity contribution in [3.05, 3.63) is 108 Å². The third kappa shape index (κ3) is 4.71. The number of benzene rings is 4. The van der Waals surface area contributed by atoms with E-state index in [1.54, 1.807) is 7.11 Å². The first-order valence-corrected chi connectivity index (χ1v) is 11.9. The molecule has 1 heterocycles. The van der Waals surface area contributed by atoms with Gasteiger partial charge in [-0.25, -0.2) is 4.79 Å². The number of rotatable bonds is 7. The van der Waals surface area contributed by atoms with Crippen LogP contribution in [0.25, 0.3) is 21.8 Å². The normalized spacial score (nSPS) is 11.0. The van der Waals surface area contributed by atoms with Crippen LogP contribution in [-0.2, 0) is 19.6 Å². The zero-order chi connectivity index (χ0) is 24.2. The zero-order valence-corrected chi connectivity index (χ0v) is 20.1. The molecule has 1 N–H and O–H groups in total. The molecule has 4 aromatic carbocycles. The highest BCUT2D eigenvalue weighted by Crippen LogP contribution is 2.30. The Morgan fingerprint density at radius 2 is 1.54 bits per heavy atom. The zero-order valence-electron chi connectivity index (χ0n) is 20.1. The number of amides is 2. The van der Waals surface area contributed by atoms with Gasteiger partial charge in [-0.2, -0.15) is 0 Å². The number of aromatic nitrogens is 1. The first-order chi connectivity index (χ1) is 17.2. The first kappa shape index (κ1) is 22.5. The van der Waals surface area contributed by atoms with Crippen LogP contribution in [0.5, 0.6) is 5.75 Å². The van der Waals surface area contributed by atoms with Crippen molar-refractivity contribution in [3.63, 3.8) is 0 Å². The average molecular weight is 464 g/mol. The number of ether oxygens (including phenoxy) is 1. The second kappa shape index (κ2) is 9.94. The van der Waals surface area contributed by atoms with Crippen molar-refractivity contribution in [1.82, 2.24) is 9.47 Å². The molecule has 0 fully saturated rings. The van der Waals surface area contributed by atoms with E-state index in [-0.39, 0.29) is 6.03 Å². The number of urea groups is 1. The Bertz CT molecular complexity index is 1470. The number of nitrogens with one attached hydrogen (secondary N) is 1. The van der Waals surface area contributed by atoms with E-state index in [2.05, 4.69) is 59.3 Å². The van der Waals surface area contributed by atoms with Gasteiger partial charge in [0.15, 0.2) is 0 Å². The molecule has 0 spiro atoms. The van der Waals surface area contributed by atoms with E-state index in [0.29, 0.717) is 24.5 Å². The minimum Gasteiger partial charge on any atom is -0.497 e. The summed E-state index contributed by atoms with van der Waals surface area (Å²) in [4.78, 5) is 15.3. The highest BCUT2D eigenvalue weighted by atomic mass is 16.5. The number of carbonyl (C=O) groups is 1. The molecule has 5 rings (SSSR count). The molecule has 2 amide bonds. The third-order valence-electron chi connectivity index (χ3n) is 6.35. The van der Waals surface area contributed by atoms with Crippen molar-refractivity contribution < 1.29 is 9.53 Å². The molecule has 176 valence electrons. The molecule has 0 aliphatic heterocycles. The standard InChI is InChI=1S/C30H29N3O2/c1-3-33-28-15-8-7-14-26(28)27-18-23(16-17-29(27)33)21-32(20-22-10-5-4-6-11-22)30(34)31-24-12-9-13-25(19-24)35-2/h4-19H,3,20-21H2,1-2H3,(H,31,34). The predicted octanol–water partition coefficient (Wildman–Crippen LogP) is 7.06. The van der Waals surface area contributed by atoms with Crippen molar-refractivity contribution in [2.45, 2.75) is 26.6 Å². The summed E-state index contributed by atoms with van der Waals surface area (Å²) in [6.07, 6.45) is 0. The van der Waals surface area contributed by atoms with Crippen LogP contribution in [0.3, 0.4) is 0 Å². The Balaban J connectivity index is 1.47. The number of anilines is 1. The van der Waals surface area contributed by atoms with Crippen LogP contribution >= 0.6 is 0 Å². The molecule has 0 unspecified atom stereocenters. The molecule has 0 aliphatic rings. The molecule has 0 aliphatic carbocycles. The van der Waals surface area contributed by atoms with Gasteiger partial charge >= 0.3 is 6.03 Å². The Morgan fingerprint density at radius 1 is 0.800 bits per heavy atom. The number of fused-ring (bicyclic) bond motifs is 3. The highest BCUT2D eigenvalue weighted by molar-refractivity contribution is 6.08. The van der Waals surface area contributed by atoms with Crippen LogP contribution in [0.4, 0.5) is 10.5 Å². The van der Waals surface area contributed by atoms with Crippen molar-refractivity contribution in [1.29, 1.82) is 0 Å². The van der Waals surface area contributed by atoms with Crippen LogP contribution in [0, 0.1) is 0 Å². The van der Waals surface area contributed by atoms with Crippen LogP contribution in [0.15, 0.2) is 97.1 Å². The lowest BCUT2D eigenvalue weighted by Crippen LogP contribution is -2.34. The Morgan fingerprint density at radius 3 is 2.34 bits per heavy atom. The van der Waals surface area contributed by atoms with Gasteiger partial charge in [-0.1, -0.05) is 60.7 Å². The maximum atomic E-state index is 13.4. The molecule has 5 heteroatoms. The summed E-state index contributed by atoms with van der Waals surface area (Å²) in [5.74, 6) is 0.704. The van der Waals surface area contributed by atoms with E-state index in [4.69, 9.17) is 4.74 Å². The van der Waals surface area contributed by atoms with Gasteiger partial charge in [0.05, 0.1) is 7.11 Å². The van der Waals surface area contributed by atoms with E-state index >= 15 is 0 Å². The average Bonchev–Trinajstić information content (AvgIpc) is 3.22. The summed E-state index contributed by atoms with van der Waals surface area (Å²) in [5.41, 5.74) is 5.33. The molecule has 35 heavy (non-hydrogen) atoms. The topological polar surface area (TPSA) is 46.5 Å². The molecule has 0 saturated heterocycles. The third-order valence-corrected chi connectivity index (χ3v) is 6.35. The molecular weight excluding hydrogens is 434 g/mol. The molecule has 0 bridgehead atoms. The van der Waals surface area contributed by atoms with E-state index in [1.165, 1.54) is 21.8 Å². The van der Waals surface area contributed by atoms with Gasteiger partial charge < -0.3 is 19.5 Å². The number of para-hydroxylation sites is 1. The fourth-order valence-corrected chi connectivity index (χ4v) is 4.67. The molecule has 0 saturated carbocycles. The van der Waals surface area contributed by atoms with E-state index in [1.807, 2.05) is 59.5 Å². The monoisotopic (exact) mass is 463 g/mol. The molecular formula is C30H29N3O2. The Hall–Kier alpha value is -4.25. The van der Waals surface area contributed by atoms with E-state index in [9.17, 15) is 4.79 Å². The molecule has 1 aromatic heterocycles. The summed E-state index contributed by atoms with van der Waals surface area (Å²) < 4.78 is 7.65. The van der Waals surface area contributed by atoms with E-state index in [0.717, 1.165) is 17.7 Å². The fraction of sp³-hybridized carbons (Fsp3) is 0.167. The highest BCUT2D eigenvalue weighted by Gasteiger charge is 2.17. The summed E-state index contributed by atoms with van der Waals surface area (Å²) in [5, 5.41) is 5.49. The summed E-state index contributed by atoms with van der Waals surface area (Å²) in [6, 6.07) is 32.4. The number of carbonyl (C=O) groups excluding carboxylic acids is 1. The molecule has 0 radical (unpaired) electrons. The maximum Gasteiger partial charge on any atom is 0.322 e. The smallest absolute Gasteiger partial charge is 0.322 e. The van der Waals surface area contributed by atoms with Gasteiger partial charge in [0.1, 0.15) is 5.75 Å². The van der Waals surface area contributed by atoms with Crippen molar-refractivity contribution in [2.75, 3.05) is 12.4 Å². The number of aryl methyl sites for hydroxylation is 1. The lowest BCUT2D eigenvalue weighted by atomic mass is 10.1. The largest absolute Gasteiger partial charge is 0.497 e. The lowest BCUT2D eigenvalue weighted by molar-refractivity contribution is 0.206. The minimum absolute atomic E-state index is 0.154. The fourth-order valence-electron chi connectivity index (χ4n) is 4.67. The number of hydrogen-bond acceptors (Lipinski definition) is 2. The van der Waals surface area contributed by atoms with Gasteiger partial charge in [0.2, 0.25) is 0 Å². The molecule has 0 atom stereocenters. The Labute approximate surface area is 205 Å². The maximum absolute atomic E-state index is 13.4. The summed E-state index contributed by atoms with van der Waals surface area (Å²) >= 11 is 0. The first-order valence-electron chi connectivity index (χ1n) is 11.9. The van der Waals surface area contributed by atoms with Gasteiger partial charge in [0, 0.05) is 53.2 Å². The number of nitrogens with zero attached hydrogens (tertiary/aromatic N) is 2. The van der Waals surface area contributed by atoms with Crippen LogP contribution in [0.2, 0.25) is 0 Å². The number of methoxy groups -OCH3 is 1.